The molecule has 0 aliphatic rings. The molecule has 120 valence electrons. The van der Waals surface area contributed by atoms with Gasteiger partial charge in [-0.2, -0.15) is 0 Å². The zero-order valence-corrected chi connectivity index (χ0v) is 12.2. The highest BCUT2D eigenvalue weighted by molar-refractivity contribution is 5.94. The van der Waals surface area contributed by atoms with Gasteiger partial charge >= 0.3 is 0 Å². The predicted molar refractivity (Wildman–Crippen MR) is 80.0 cm³/mol. The highest BCUT2D eigenvalue weighted by Gasteiger charge is 2.14. The smallest absolute Gasteiger partial charge is 0.269 e. The van der Waals surface area contributed by atoms with E-state index in [2.05, 4.69) is 0 Å². The van der Waals surface area contributed by atoms with E-state index in [0.717, 1.165) is 6.07 Å². The first-order valence-corrected chi connectivity index (χ1v) is 6.74. The van der Waals surface area contributed by atoms with Gasteiger partial charge in [-0.05, 0) is 24.6 Å². The highest BCUT2D eigenvalue weighted by Crippen LogP contribution is 2.22. The Morgan fingerprint density at radius 1 is 1.35 bits per heavy atom. The van der Waals surface area contributed by atoms with Crippen LogP contribution in [-0.4, -0.2) is 22.4 Å². The van der Waals surface area contributed by atoms with Crippen LogP contribution < -0.4 is 4.74 Å². The summed E-state index contributed by atoms with van der Waals surface area (Å²) in [5.74, 6) is -0.956. The van der Waals surface area contributed by atoms with Crippen LogP contribution in [0.3, 0.4) is 0 Å². The maximum Gasteiger partial charge on any atom is 0.269 e. The van der Waals surface area contributed by atoms with Crippen LogP contribution in [0.5, 0.6) is 5.75 Å². The van der Waals surface area contributed by atoms with Gasteiger partial charge in [0.15, 0.2) is 5.78 Å². The molecule has 1 atom stereocenters. The molecule has 7 heteroatoms. The van der Waals surface area contributed by atoms with Gasteiger partial charge in [0.2, 0.25) is 0 Å². The lowest BCUT2D eigenvalue weighted by molar-refractivity contribution is -0.385. The highest BCUT2D eigenvalue weighted by atomic mass is 19.1. The van der Waals surface area contributed by atoms with E-state index in [1.165, 1.54) is 43.3 Å². The lowest BCUT2D eigenvalue weighted by Crippen LogP contribution is -2.10. The molecule has 0 saturated heterocycles. The molecule has 0 aliphatic carbocycles. The summed E-state index contributed by atoms with van der Waals surface area (Å²) in [6, 6.07) is 9.31. The second-order valence-electron chi connectivity index (χ2n) is 4.88. The molecule has 0 aliphatic heterocycles. The minimum absolute atomic E-state index is 0.0448. The molecule has 0 spiro atoms. The van der Waals surface area contributed by atoms with Crippen LogP contribution in [0.4, 0.5) is 10.1 Å². The fourth-order valence-electron chi connectivity index (χ4n) is 1.99. The number of carbonyl (C=O) groups excluding carboxylic acids is 1. The average Bonchev–Trinajstić information content (AvgIpc) is 2.52. The van der Waals surface area contributed by atoms with E-state index < -0.39 is 22.6 Å². The summed E-state index contributed by atoms with van der Waals surface area (Å²) in [6.45, 7) is 1.05. The molecule has 0 amide bonds. The Morgan fingerprint density at radius 3 is 2.70 bits per heavy atom. The van der Waals surface area contributed by atoms with Gasteiger partial charge in [-0.3, -0.25) is 14.9 Å². The lowest BCUT2D eigenvalue weighted by atomic mass is 10.1. The number of hydrogen-bond donors (Lipinski definition) is 1. The summed E-state index contributed by atoms with van der Waals surface area (Å²) in [4.78, 5) is 21.3. The summed E-state index contributed by atoms with van der Waals surface area (Å²) in [6.07, 6.45) is -1.11. The van der Waals surface area contributed by atoms with Crippen LogP contribution in [0.15, 0.2) is 42.5 Å². The maximum absolute atomic E-state index is 13.7. The van der Waals surface area contributed by atoms with Crippen molar-refractivity contribution in [3.63, 3.8) is 0 Å². The van der Waals surface area contributed by atoms with Crippen molar-refractivity contribution >= 4 is 11.5 Å². The zero-order valence-electron chi connectivity index (χ0n) is 12.2. The number of Topliss-reactive ketones (excluding diaryl/α,β-unsaturated/α-hetero) is 1. The fourth-order valence-corrected chi connectivity index (χ4v) is 1.99. The van der Waals surface area contributed by atoms with Crippen LogP contribution in [0, 0.1) is 15.9 Å². The second kappa shape index (κ2) is 6.97. The third-order valence-corrected chi connectivity index (χ3v) is 3.19. The Morgan fingerprint density at radius 2 is 2.09 bits per heavy atom. The topological polar surface area (TPSA) is 89.7 Å². The van der Waals surface area contributed by atoms with Gasteiger partial charge in [0.05, 0.1) is 10.5 Å². The molecule has 1 unspecified atom stereocenters. The summed E-state index contributed by atoms with van der Waals surface area (Å²) in [5.41, 5.74) is 0.134. The van der Waals surface area contributed by atoms with Crippen molar-refractivity contribution in [2.75, 3.05) is 6.61 Å². The van der Waals surface area contributed by atoms with Gasteiger partial charge in [0.1, 0.15) is 24.3 Å². The van der Waals surface area contributed by atoms with E-state index in [0.29, 0.717) is 5.56 Å². The molecule has 6 nitrogen and oxygen atoms in total. The number of nitro groups is 1. The molecule has 2 aromatic rings. The number of carbonyl (C=O) groups is 1. The van der Waals surface area contributed by atoms with E-state index >= 15 is 0 Å². The first-order valence-electron chi connectivity index (χ1n) is 6.74. The van der Waals surface area contributed by atoms with Gasteiger partial charge in [-0.15, -0.1) is 0 Å². The number of benzene rings is 2. The molecule has 0 heterocycles. The Kier molecular flexibility index (Phi) is 5.02. The van der Waals surface area contributed by atoms with Crippen molar-refractivity contribution in [3.8, 4) is 5.75 Å². The van der Waals surface area contributed by atoms with Gasteiger partial charge in [-0.1, -0.05) is 12.1 Å². The van der Waals surface area contributed by atoms with Crippen molar-refractivity contribution < 1.29 is 24.0 Å². The number of ketones is 1. The van der Waals surface area contributed by atoms with Crippen molar-refractivity contribution in [3.05, 3.63) is 69.5 Å². The first kappa shape index (κ1) is 16.6. The first-order chi connectivity index (χ1) is 10.9. The molecule has 1 N–H and O–H groups in total. The minimum atomic E-state index is -1.11. The Hall–Kier alpha value is -2.80. The van der Waals surface area contributed by atoms with Gasteiger partial charge in [0.25, 0.3) is 5.69 Å². The van der Waals surface area contributed by atoms with E-state index in [4.69, 9.17) is 4.74 Å². The predicted octanol–water partition coefficient (Wildman–Crippen LogP) is 3.05. The quantitative estimate of drug-likeness (QED) is 0.502. The van der Waals surface area contributed by atoms with E-state index in [9.17, 15) is 24.4 Å². The molecule has 0 saturated carbocycles. The number of ether oxygens (including phenoxy) is 1. The van der Waals surface area contributed by atoms with E-state index in [1.54, 1.807) is 0 Å². The number of rotatable bonds is 6. The molecule has 23 heavy (non-hydrogen) atoms. The molecular formula is C16H14FNO5. The molecule has 0 bridgehead atoms. The lowest BCUT2D eigenvalue weighted by Gasteiger charge is -2.13. The Balaban J connectivity index is 2.06. The Bertz CT molecular complexity index is 747. The summed E-state index contributed by atoms with van der Waals surface area (Å²) in [5, 5.41) is 20.7. The maximum atomic E-state index is 13.7. The van der Waals surface area contributed by atoms with Crippen molar-refractivity contribution in [2.45, 2.75) is 13.0 Å². The number of nitrogens with zero attached hydrogens (tertiary/aromatic N) is 1. The standard InChI is InChI=1S/C16H14FNO5/c1-10(19)14-6-5-13(8-15(14)17)23-9-16(20)11-3-2-4-12(7-11)18(21)22/h2-8,16,20H,9H2,1H3. The number of aliphatic hydroxyl groups is 1. The Labute approximate surface area is 131 Å². The molecule has 2 aromatic carbocycles. The van der Waals surface area contributed by atoms with E-state index in [-0.39, 0.29) is 23.6 Å². The molecular weight excluding hydrogens is 305 g/mol. The largest absolute Gasteiger partial charge is 0.490 e. The molecule has 0 fully saturated rings. The van der Waals surface area contributed by atoms with Crippen LogP contribution >= 0.6 is 0 Å². The average molecular weight is 319 g/mol. The minimum Gasteiger partial charge on any atom is -0.490 e. The van der Waals surface area contributed by atoms with Crippen LogP contribution in [0.1, 0.15) is 28.9 Å². The number of halogens is 1. The van der Waals surface area contributed by atoms with Gasteiger partial charge in [-0.25, -0.2) is 4.39 Å². The van der Waals surface area contributed by atoms with Crippen molar-refractivity contribution in [1.29, 1.82) is 0 Å². The third kappa shape index (κ3) is 4.10. The number of nitro benzene ring substituents is 1. The van der Waals surface area contributed by atoms with Crippen molar-refractivity contribution in [1.82, 2.24) is 0 Å². The second-order valence-corrected chi connectivity index (χ2v) is 4.88. The number of aliphatic hydroxyl groups excluding tert-OH is 1. The normalized spacial score (nSPS) is 11.8. The van der Waals surface area contributed by atoms with E-state index in [1.807, 2.05) is 0 Å². The summed E-state index contributed by atoms with van der Waals surface area (Å²) in [7, 11) is 0. The number of hydrogen-bond acceptors (Lipinski definition) is 5. The monoisotopic (exact) mass is 319 g/mol. The number of non-ortho nitro benzene ring substituents is 1. The summed E-state index contributed by atoms with van der Waals surface area (Å²) >= 11 is 0. The van der Waals surface area contributed by atoms with Gasteiger partial charge in [0, 0.05) is 18.2 Å². The van der Waals surface area contributed by atoms with Gasteiger partial charge < -0.3 is 9.84 Å². The van der Waals surface area contributed by atoms with Crippen LogP contribution in [0.25, 0.3) is 0 Å². The molecule has 0 radical (unpaired) electrons. The molecule has 2 rings (SSSR count). The van der Waals surface area contributed by atoms with Crippen molar-refractivity contribution in [2.24, 2.45) is 0 Å². The summed E-state index contributed by atoms with van der Waals surface area (Å²) < 4.78 is 18.9. The SMILES string of the molecule is CC(=O)c1ccc(OCC(O)c2cccc([N+](=O)[O-])c2)cc1F. The zero-order chi connectivity index (χ0) is 17.0. The molecule has 0 aromatic heterocycles. The van der Waals surface area contributed by atoms with Crippen LogP contribution in [0.2, 0.25) is 0 Å². The third-order valence-electron chi connectivity index (χ3n) is 3.19. The fraction of sp³-hybridized carbons (Fsp3) is 0.188. The van der Waals surface area contributed by atoms with Crippen LogP contribution in [-0.2, 0) is 0 Å².